The Balaban J connectivity index is 4.02. The molecule has 0 fully saturated rings. The van der Waals surface area contributed by atoms with Gasteiger partial charge in [0, 0.05) is 21.3 Å². The monoisotopic (exact) mass is 152 g/mol. The van der Waals surface area contributed by atoms with E-state index in [0.717, 1.165) is 0 Å². The van der Waals surface area contributed by atoms with E-state index in [1.54, 1.807) is 0 Å². The first-order chi connectivity index (χ1) is 4.60. The van der Waals surface area contributed by atoms with Gasteiger partial charge in [-0.25, -0.2) is 0 Å². The third kappa shape index (κ3) is 1.89. The summed E-state index contributed by atoms with van der Waals surface area (Å²) in [5.41, 5.74) is 0. The molecule has 0 heterocycles. The Morgan fingerprint density at radius 1 is 1.20 bits per heavy atom. The first kappa shape index (κ1) is 9.80. The number of aliphatic hydroxyl groups is 2. The van der Waals surface area contributed by atoms with Crippen LogP contribution >= 0.6 is 0 Å². The average molecular weight is 152 g/mol. The normalized spacial score (nSPS) is 15.3. The molecule has 2 N–H and O–H groups in total. The smallest absolute Gasteiger partial charge is 0.334 e. The van der Waals surface area contributed by atoms with Crippen molar-refractivity contribution in [2.75, 3.05) is 21.3 Å². The second kappa shape index (κ2) is 3.85. The highest BCUT2D eigenvalue weighted by atomic mass is 16.8. The van der Waals surface area contributed by atoms with Gasteiger partial charge in [0.2, 0.25) is 6.29 Å². The minimum absolute atomic E-state index is 1.19. The lowest BCUT2D eigenvalue weighted by atomic mass is 10.5. The van der Waals surface area contributed by atoms with Crippen LogP contribution in [0.5, 0.6) is 0 Å². The summed E-state index contributed by atoms with van der Waals surface area (Å²) in [4.78, 5) is 0. The molecule has 0 saturated carbocycles. The van der Waals surface area contributed by atoms with Crippen LogP contribution in [0, 0.1) is 0 Å². The fourth-order valence-corrected chi connectivity index (χ4v) is 0.434. The van der Waals surface area contributed by atoms with Gasteiger partial charge in [0.05, 0.1) is 0 Å². The molecule has 62 valence electrons. The van der Waals surface area contributed by atoms with Gasteiger partial charge in [-0.1, -0.05) is 0 Å². The Kier molecular flexibility index (Phi) is 3.77. The number of methoxy groups -OCH3 is 3. The molecule has 5 nitrogen and oxygen atoms in total. The molecule has 0 aliphatic heterocycles. The molecule has 0 aromatic heterocycles. The summed E-state index contributed by atoms with van der Waals surface area (Å²) >= 11 is 0. The fourth-order valence-electron chi connectivity index (χ4n) is 0.434. The molecule has 0 spiro atoms. The molecule has 0 aromatic rings. The Morgan fingerprint density at radius 3 is 1.70 bits per heavy atom. The SMILES string of the molecule is COC(O)C(O)(OC)OC. The van der Waals surface area contributed by atoms with Gasteiger partial charge in [0.1, 0.15) is 0 Å². The molecule has 0 saturated heterocycles. The number of rotatable bonds is 4. The molecule has 5 heteroatoms. The molecular weight excluding hydrogens is 140 g/mol. The zero-order chi connectivity index (χ0) is 8.20. The van der Waals surface area contributed by atoms with Gasteiger partial charge in [-0.3, -0.25) is 0 Å². The number of hydrogen-bond acceptors (Lipinski definition) is 5. The molecule has 1 atom stereocenters. The topological polar surface area (TPSA) is 68.2 Å². The van der Waals surface area contributed by atoms with E-state index in [2.05, 4.69) is 14.2 Å². The standard InChI is InChI=1S/C5H12O5/c1-8-4(6)5(7,9-2)10-3/h4,6-7H,1-3H3. The summed E-state index contributed by atoms with van der Waals surface area (Å²) in [6.07, 6.45) is -1.51. The van der Waals surface area contributed by atoms with Crippen molar-refractivity contribution in [1.29, 1.82) is 0 Å². The van der Waals surface area contributed by atoms with Crippen LogP contribution in [0.25, 0.3) is 0 Å². The number of aliphatic hydroxyl groups excluding tert-OH is 1. The van der Waals surface area contributed by atoms with Crippen molar-refractivity contribution in [2.24, 2.45) is 0 Å². The highest BCUT2D eigenvalue weighted by molar-refractivity contribution is 4.54. The molecule has 10 heavy (non-hydrogen) atoms. The van der Waals surface area contributed by atoms with Gasteiger partial charge in [0.25, 0.3) is 0 Å². The highest BCUT2D eigenvalue weighted by Gasteiger charge is 2.36. The predicted octanol–water partition coefficient (Wildman–Crippen LogP) is -1.11. The third-order valence-electron chi connectivity index (χ3n) is 1.12. The summed E-state index contributed by atoms with van der Waals surface area (Å²) in [5.74, 6) is -2.07. The molecule has 0 aromatic carbocycles. The largest absolute Gasteiger partial charge is 0.362 e. The lowest BCUT2D eigenvalue weighted by molar-refractivity contribution is -0.418. The lowest BCUT2D eigenvalue weighted by Crippen LogP contribution is -2.46. The van der Waals surface area contributed by atoms with E-state index in [9.17, 15) is 0 Å². The van der Waals surface area contributed by atoms with Crippen molar-refractivity contribution < 1.29 is 24.4 Å². The molecule has 0 amide bonds. The van der Waals surface area contributed by atoms with Crippen molar-refractivity contribution in [1.82, 2.24) is 0 Å². The fraction of sp³-hybridized carbons (Fsp3) is 1.00. The molecular formula is C5H12O5. The molecule has 0 radical (unpaired) electrons. The van der Waals surface area contributed by atoms with Crippen LogP contribution in [0.2, 0.25) is 0 Å². The van der Waals surface area contributed by atoms with Gasteiger partial charge in [-0.2, -0.15) is 0 Å². The maximum absolute atomic E-state index is 9.08. The van der Waals surface area contributed by atoms with Crippen LogP contribution in [0.3, 0.4) is 0 Å². The Morgan fingerprint density at radius 2 is 1.60 bits per heavy atom. The summed E-state index contributed by atoms with van der Waals surface area (Å²) in [5, 5.41) is 17.9. The molecule has 0 rings (SSSR count). The zero-order valence-electron chi connectivity index (χ0n) is 6.20. The van der Waals surface area contributed by atoms with Crippen LogP contribution in [0.1, 0.15) is 0 Å². The second-order valence-electron chi connectivity index (χ2n) is 1.63. The van der Waals surface area contributed by atoms with Crippen LogP contribution < -0.4 is 0 Å². The number of ether oxygens (including phenoxy) is 3. The first-order valence-electron chi connectivity index (χ1n) is 2.64. The van der Waals surface area contributed by atoms with E-state index in [1.807, 2.05) is 0 Å². The van der Waals surface area contributed by atoms with Crippen molar-refractivity contribution in [3.8, 4) is 0 Å². The van der Waals surface area contributed by atoms with Crippen LogP contribution in [-0.4, -0.2) is 43.8 Å². The second-order valence-corrected chi connectivity index (χ2v) is 1.63. The van der Waals surface area contributed by atoms with Gasteiger partial charge < -0.3 is 24.4 Å². The van der Waals surface area contributed by atoms with Crippen LogP contribution in [0.4, 0.5) is 0 Å². The van der Waals surface area contributed by atoms with Crippen molar-refractivity contribution in [3.63, 3.8) is 0 Å². The minimum atomic E-state index is -2.07. The highest BCUT2D eigenvalue weighted by Crippen LogP contribution is 2.12. The maximum atomic E-state index is 9.08. The van der Waals surface area contributed by atoms with Gasteiger partial charge in [-0.05, 0) is 0 Å². The Hall–Kier alpha value is -0.200. The van der Waals surface area contributed by atoms with E-state index >= 15 is 0 Å². The van der Waals surface area contributed by atoms with Crippen molar-refractivity contribution in [2.45, 2.75) is 12.3 Å². The molecule has 0 aliphatic rings. The van der Waals surface area contributed by atoms with Crippen LogP contribution in [-0.2, 0) is 14.2 Å². The molecule has 0 aliphatic carbocycles. The average Bonchev–Trinajstić information content (AvgIpc) is 2.01. The van der Waals surface area contributed by atoms with E-state index < -0.39 is 12.3 Å². The predicted molar refractivity (Wildman–Crippen MR) is 32.0 cm³/mol. The van der Waals surface area contributed by atoms with Crippen molar-refractivity contribution >= 4 is 0 Å². The Bertz CT molecular complexity index is 90.0. The lowest BCUT2D eigenvalue weighted by Gasteiger charge is -2.27. The van der Waals surface area contributed by atoms with E-state index in [4.69, 9.17) is 10.2 Å². The van der Waals surface area contributed by atoms with E-state index in [-0.39, 0.29) is 0 Å². The van der Waals surface area contributed by atoms with Crippen molar-refractivity contribution in [3.05, 3.63) is 0 Å². The molecule has 0 bridgehead atoms. The number of hydrogen-bond donors (Lipinski definition) is 2. The van der Waals surface area contributed by atoms with Crippen LogP contribution in [0.15, 0.2) is 0 Å². The summed E-state index contributed by atoms with van der Waals surface area (Å²) < 4.78 is 13.1. The Labute approximate surface area is 59.1 Å². The molecule has 1 unspecified atom stereocenters. The van der Waals surface area contributed by atoms with Gasteiger partial charge >= 0.3 is 5.97 Å². The van der Waals surface area contributed by atoms with Gasteiger partial charge in [-0.15, -0.1) is 0 Å². The quantitative estimate of drug-likeness (QED) is 0.500. The zero-order valence-corrected chi connectivity index (χ0v) is 6.20. The van der Waals surface area contributed by atoms with E-state index in [1.165, 1.54) is 21.3 Å². The first-order valence-corrected chi connectivity index (χ1v) is 2.64. The van der Waals surface area contributed by atoms with Gasteiger partial charge in [0.15, 0.2) is 0 Å². The minimum Gasteiger partial charge on any atom is -0.362 e. The summed E-state index contributed by atoms with van der Waals surface area (Å²) in [7, 11) is 3.59. The maximum Gasteiger partial charge on any atom is 0.334 e. The van der Waals surface area contributed by atoms with E-state index in [0.29, 0.717) is 0 Å². The third-order valence-corrected chi connectivity index (χ3v) is 1.12. The summed E-state index contributed by atoms with van der Waals surface area (Å²) in [6.45, 7) is 0. The summed E-state index contributed by atoms with van der Waals surface area (Å²) in [6, 6.07) is 0.